The molecule has 30 heavy (non-hydrogen) atoms. The molecule has 1 unspecified atom stereocenters. The van der Waals surface area contributed by atoms with E-state index in [2.05, 4.69) is 20.3 Å². The summed E-state index contributed by atoms with van der Waals surface area (Å²) in [5.41, 5.74) is 7.38. The molecule has 1 amide bonds. The smallest absolute Gasteiger partial charge is 0.256 e. The Morgan fingerprint density at radius 3 is 2.70 bits per heavy atom. The summed E-state index contributed by atoms with van der Waals surface area (Å²) in [6, 6.07) is 8.90. The molecule has 4 heterocycles. The lowest BCUT2D eigenvalue weighted by Crippen LogP contribution is -2.34. The van der Waals surface area contributed by atoms with Crippen LogP contribution in [0.3, 0.4) is 0 Å². The fraction of sp³-hybridized carbons (Fsp3) is 0.400. The van der Waals surface area contributed by atoms with Crippen LogP contribution in [0.25, 0.3) is 11.2 Å². The Hall–Kier alpha value is -2.92. The molecule has 4 atom stereocenters. The number of hydrogen-bond donors (Lipinski definition) is 2. The number of anilines is 1. The van der Waals surface area contributed by atoms with Crippen molar-refractivity contribution < 1.29 is 19.0 Å². The summed E-state index contributed by atoms with van der Waals surface area (Å²) in [5, 5.41) is 2.80. The van der Waals surface area contributed by atoms with E-state index >= 15 is 0 Å². The van der Waals surface area contributed by atoms with Crippen molar-refractivity contribution in [2.75, 3.05) is 11.9 Å². The number of aromatic nitrogens is 4. The van der Waals surface area contributed by atoms with E-state index < -0.39 is 12.0 Å². The summed E-state index contributed by atoms with van der Waals surface area (Å²) >= 11 is 0. The first-order valence-corrected chi connectivity index (χ1v) is 9.72. The minimum absolute atomic E-state index is 0.278. The lowest BCUT2D eigenvalue weighted by atomic mass is 10.1. The number of nitrogens with two attached hydrogens (primary N) is 1. The lowest BCUT2D eigenvalue weighted by molar-refractivity contribution is -0.195. The maximum atomic E-state index is 12.5. The topological polar surface area (TPSA) is 126 Å². The highest BCUT2D eigenvalue weighted by molar-refractivity contribution is 6.06. The standard InChI is InChI=1S/C20H22N6O4/c1-20(2)29-14-12(8-21)28-19(15(14)30-20)26-10-24-13-16(22-9-23-17(13)26)25-18(27)11-6-4-3-5-7-11/h3-7,9-10,12,14-15,19H,8,21H2,1-2H3,(H,22,23,25,27)/t12?,14-,15-,19-/m1/s1. The quantitative estimate of drug-likeness (QED) is 0.662. The predicted octanol–water partition coefficient (Wildman–Crippen LogP) is 1.45. The Kier molecular flexibility index (Phi) is 4.51. The number of imidazole rings is 1. The zero-order valence-electron chi connectivity index (χ0n) is 16.6. The van der Waals surface area contributed by atoms with Crippen LogP contribution in [0.4, 0.5) is 5.82 Å². The number of carbonyl (C=O) groups is 1. The molecule has 1 aromatic carbocycles. The Bertz CT molecular complexity index is 1090. The molecule has 0 spiro atoms. The van der Waals surface area contributed by atoms with Gasteiger partial charge in [-0.15, -0.1) is 0 Å². The molecule has 2 aromatic heterocycles. The number of fused-ring (bicyclic) bond motifs is 2. The number of amides is 1. The van der Waals surface area contributed by atoms with Crippen LogP contribution in [0.15, 0.2) is 43.0 Å². The highest BCUT2D eigenvalue weighted by Crippen LogP contribution is 2.43. The van der Waals surface area contributed by atoms with Gasteiger partial charge in [-0.05, 0) is 26.0 Å². The van der Waals surface area contributed by atoms with Crippen molar-refractivity contribution in [2.45, 2.75) is 44.2 Å². The van der Waals surface area contributed by atoms with Crippen molar-refractivity contribution in [2.24, 2.45) is 5.73 Å². The van der Waals surface area contributed by atoms with Gasteiger partial charge in [0.05, 0.1) is 6.33 Å². The molecular formula is C20H22N6O4. The summed E-state index contributed by atoms with van der Waals surface area (Å²) in [5.74, 6) is -0.688. The van der Waals surface area contributed by atoms with Gasteiger partial charge in [0.15, 0.2) is 29.0 Å². The van der Waals surface area contributed by atoms with Gasteiger partial charge in [-0.25, -0.2) is 15.0 Å². The molecule has 156 valence electrons. The van der Waals surface area contributed by atoms with Crippen molar-refractivity contribution in [1.82, 2.24) is 19.5 Å². The van der Waals surface area contributed by atoms with Gasteiger partial charge in [0.1, 0.15) is 24.6 Å². The molecule has 0 saturated carbocycles. The second-order valence-electron chi connectivity index (χ2n) is 7.73. The van der Waals surface area contributed by atoms with Crippen LogP contribution in [-0.4, -0.2) is 56.1 Å². The van der Waals surface area contributed by atoms with E-state index in [-0.39, 0.29) is 24.2 Å². The van der Waals surface area contributed by atoms with Gasteiger partial charge in [-0.1, -0.05) is 18.2 Å². The number of rotatable bonds is 4. The molecule has 3 aromatic rings. The summed E-state index contributed by atoms with van der Waals surface area (Å²) < 4.78 is 20.0. The molecule has 5 rings (SSSR count). The van der Waals surface area contributed by atoms with Gasteiger partial charge in [0, 0.05) is 12.1 Å². The van der Waals surface area contributed by atoms with E-state index in [9.17, 15) is 4.79 Å². The molecule has 10 heteroatoms. The zero-order chi connectivity index (χ0) is 20.9. The first-order valence-electron chi connectivity index (χ1n) is 9.72. The SMILES string of the molecule is CC1(C)O[C@@H]2[C@H](O1)C(CN)O[C@H]2n1cnc2c(NC(=O)c3ccccc3)ncnc21. The third-order valence-corrected chi connectivity index (χ3v) is 5.26. The number of nitrogens with zero attached hydrogens (tertiary/aromatic N) is 4. The summed E-state index contributed by atoms with van der Waals surface area (Å²) in [7, 11) is 0. The first kappa shape index (κ1) is 19.1. The van der Waals surface area contributed by atoms with Crippen molar-refractivity contribution in [3.63, 3.8) is 0 Å². The average Bonchev–Trinajstić information content (AvgIpc) is 3.39. The summed E-state index contributed by atoms with van der Waals surface area (Å²) in [6.07, 6.45) is 1.52. The summed E-state index contributed by atoms with van der Waals surface area (Å²) in [6.45, 7) is 4.03. The van der Waals surface area contributed by atoms with E-state index in [1.807, 2.05) is 19.9 Å². The molecule has 3 N–H and O–H groups in total. The van der Waals surface area contributed by atoms with Gasteiger partial charge < -0.3 is 25.3 Å². The minimum atomic E-state index is -0.731. The molecule has 10 nitrogen and oxygen atoms in total. The molecule has 0 bridgehead atoms. The third-order valence-electron chi connectivity index (χ3n) is 5.26. The molecule has 0 aliphatic carbocycles. The maximum absolute atomic E-state index is 12.5. The van der Waals surface area contributed by atoms with Gasteiger partial charge in [0.25, 0.3) is 5.91 Å². The largest absolute Gasteiger partial charge is 0.348 e. The number of hydrogen-bond acceptors (Lipinski definition) is 8. The second kappa shape index (κ2) is 7.10. The molecular weight excluding hydrogens is 388 g/mol. The number of benzene rings is 1. The number of ether oxygens (including phenoxy) is 3. The first-order chi connectivity index (χ1) is 14.5. The van der Waals surface area contributed by atoms with Crippen molar-refractivity contribution in [3.8, 4) is 0 Å². The van der Waals surface area contributed by atoms with Crippen LogP contribution in [0.2, 0.25) is 0 Å². The highest BCUT2D eigenvalue weighted by atomic mass is 16.8. The third kappa shape index (κ3) is 3.14. The molecule has 2 saturated heterocycles. The second-order valence-corrected chi connectivity index (χ2v) is 7.73. The lowest BCUT2D eigenvalue weighted by Gasteiger charge is -2.24. The Morgan fingerprint density at radius 2 is 1.93 bits per heavy atom. The monoisotopic (exact) mass is 410 g/mol. The fourth-order valence-electron chi connectivity index (χ4n) is 3.97. The van der Waals surface area contributed by atoms with E-state index in [1.165, 1.54) is 6.33 Å². The van der Waals surface area contributed by atoms with E-state index in [0.717, 1.165) is 0 Å². The van der Waals surface area contributed by atoms with Crippen LogP contribution in [0.5, 0.6) is 0 Å². The highest BCUT2D eigenvalue weighted by Gasteiger charge is 2.55. The molecule has 2 aliphatic heterocycles. The molecule has 2 aliphatic rings. The zero-order valence-corrected chi connectivity index (χ0v) is 16.6. The van der Waals surface area contributed by atoms with E-state index in [0.29, 0.717) is 29.1 Å². The van der Waals surface area contributed by atoms with E-state index in [1.54, 1.807) is 35.2 Å². The average molecular weight is 410 g/mol. The van der Waals surface area contributed by atoms with Crippen LogP contribution < -0.4 is 11.1 Å². The van der Waals surface area contributed by atoms with Crippen molar-refractivity contribution in [3.05, 3.63) is 48.5 Å². The minimum Gasteiger partial charge on any atom is -0.348 e. The molecule has 0 radical (unpaired) electrons. The van der Waals surface area contributed by atoms with Crippen LogP contribution in [-0.2, 0) is 14.2 Å². The Morgan fingerprint density at radius 1 is 1.17 bits per heavy atom. The fourth-order valence-corrected chi connectivity index (χ4v) is 3.97. The van der Waals surface area contributed by atoms with Crippen molar-refractivity contribution in [1.29, 1.82) is 0 Å². The van der Waals surface area contributed by atoms with Crippen LogP contribution >= 0.6 is 0 Å². The Balaban J connectivity index is 1.47. The van der Waals surface area contributed by atoms with Crippen molar-refractivity contribution >= 4 is 22.9 Å². The Labute approximate surface area is 172 Å². The maximum Gasteiger partial charge on any atom is 0.256 e. The van der Waals surface area contributed by atoms with Gasteiger partial charge in [-0.3, -0.25) is 9.36 Å². The number of carbonyl (C=O) groups excluding carboxylic acids is 1. The summed E-state index contributed by atoms with van der Waals surface area (Å²) in [4.78, 5) is 25.5. The van der Waals surface area contributed by atoms with Gasteiger partial charge in [-0.2, -0.15) is 0 Å². The van der Waals surface area contributed by atoms with Crippen LogP contribution in [0, 0.1) is 0 Å². The van der Waals surface area contributed by atoms with Crippen LogP contribution in [0.1, 0.15) is 30.4 Å². The predicted molar refractivity (Wildman–Crippen MR) is 107 cm³/mol. The van der Waals surface area contributed by atoms with Gasteiger partial charge >= 0.3 is 0 Å². The number of nitrogens with one attached hydrogen (secondary N) is 1. The molecule has 2 fully saturated rings. The van der Waals surface area contributed by atoms with Gasteiger partial charge in [0.2, 0.25) is 0 Å². The normalized spacial score (nSPS) is 27.3. The van der Waals surface area contributed by atoms with E-state index in [4.69, 9.17) is 19.9 Å².